The molecule has 1 aromatic rings. The van der Waals surface area contributed by atoms with E-state index in [1.807, 2.05) is 6.92 Å². The van der Waals surface area contributed by atoms with Gasteiger partial charge in [-0.25, -0.2) is 9.78 Å². The number of ether oxygens (including phenoxy) is 1. The first-order chi connectivity index (χ1) is 12.8. The van der Waals surface area contributed by atoms with Crippen LogP contribution in [0.1, 0.15) is 77.7 Å². The number of carbonyl (C=O) groups is 1. The van der Waals surface area contributed by atoms with Crippen molar-refractivity contribution in [1.29, 1.82) is 0 Å². The van der Waals surface area contributed by atoms with Gasteiger partial charge < -0.3 is 4.74 Å². The first-order valence-corrected chi connectivity index (χ1v) is 10.3. The second-order valence-corrected chi connectivity index (χ2v) is 8.74. The Labute approximate surface area is 164 Å². The van der Waals surface area contributed by atoms with E-state index in [1.54, 1.807) is 0 Å². The summed E-state index contributed by atoms with van der Waals surface area (Å²) in [4.78, 5) is 22.8. The van der Waals surface area contributed by atoms with E-state index in [1.165, 1.54) is 51.2 Å². The van der Waals surface area contributed by atoms with Crippen molar-refractivity contribution in [2.45, 2.75) is 89.8 Å². The van der Waals surface area contributed by atoms with Crippen molar-refractivity contribution in [3.8, 4) is 0 Å². The average molecular weight is 377 g/mol. The topological polar surface area (TPSA) is 44.8 Å². The molecule has 4 heteroatoms. The number of carbonyl (C=O) groups excluding carboxylic acids is 1. The Morgan fingerprint density at radius 1 is 1.07 bits per heavy atom. The number of unbranched alkanes of at least 4 members (excludes halogenated alkanes) is 3. The first kappa shape index (κ1) is 21.9. The van der Waals surface area contributed by atoms with Crippen LogP contribution in [0.15, 0.2) is 30.3 Å². The van der Waals surface area contributed by atoms with Crippen molar-refractivity contribution in [2.75, 3.05) is 7.11 Å². The second-order valence-electron chi connectivity index (χ2n) is 8.74. The Morgan fingerprint density at radius 3 is 2.44 bits per heavy atom. The summed E-state index contributed by atoms with van der Waals surface area (Å²) in [6, 6.07) is 10.7. The molecule has 1 aromatic carbocycles. The van der Waals surface area contributed by atoms with Gasteiger partial charge in [0.2, 0.25) is 0 Å². The Balaban J connectivity index is 1.61. The molecule has 4 nitrogen and oxygen atoms in total. The van der Waals surface area contributed by atoms with E-state index in [0.29, 0.717) is 5.92 Å². The molecule has 0 spiro atoms. The van der Waals surface area contributed by atoms with Crippen molar-refractivity contribution in [1.82, 2.24) is 0 Å². The van der Waals surface area contributed by atoms with E-state index in [0.717, 1.165) is 12.8 Å². The summed E-state index contributed by atoms with van der Waals surface area (Å²) >= 11 is 0. The lowest BCUT2D eigenvalue weighted by Gasteiger charge is -2.25. The van der Waals surface area contributed by atoms with Crippen LogP contribution in [-0.4, -0.2) is 24.3 Å². The van der Waals surface area contributed by atoms with E-state index >= 15 is 0 Å². The van der Waals surface area contributed by atoms with Gasteiger partial charge in [0.05, 0.1) is 13.5 Å². The summed E-state index contributed by atoms with van der Waals surface area (Å²) < 4.78 is 4.77. The molecule has 1 aliphatic heterocycles. The molecular weight excluding hydrogens is 340 g/mol. The van der Waals surface area contributed by atoms with E-state index in [4.69, 9.17) is 14.5 Å². The molecule has 1 aliphatic rings. The van der Waals surface area contributed by atoms with Gasteiger partial charge in [-0.05, 0) is 44.6 Å². The predicted octanol–water partition coefficient (Wildman–Crippen LogP) is 5.64. The quantitative estimate of drug-likeness (QED) is 0.285. The minimum atomic E-state index is -0.584. The Kier molecular flexibility index (Phi) is 8.30. The highest BCUT2D eigenvalue weighted by Gasteiger charge is 2.48. The summed E-state index contributed by atoms with van der Waals surface area (Å²) in [6.07, 6.45) is 9.38. The SMILES string of the molecule is COC(=O)C[C@@]1(C)C[C@](C)(CC(C)CCCCCCc2ccccc2)OO1. The standard InChI is InChI=1S/C23H36O4/c1-19(12-8-5-6-9-13-20-14-10-7-11-15-20)16-22(2)18-23(3,27-26-22)17-21(24)25-4/h7,10-11,14-15,19H,5-6,8-9,12-13,16-18H2,1-4H3/t19?,22-,23-/m0/s1. The largest absolute Gasteiger partial charge is 0.469 e. The zero-order valence-corrected chi connectivity index (χ0v) is 17.5. The molecule has 1 heterocycles. The highest BCUT2D eigenvalue weighted by atomic mass is 17.2. The van der Waals surface area contributed by atoms with Gasteiger partial charge >= 0.3 is 5.97 Å². The summed E-state index contributed by atoms with van der Waals surface area (Å²) in [5.41, 5.74) is 0.529. The first-order valence-electron chi connectivity index (χ1n) is 10.3. The average Bonchev–Trinajstić information content (AvgIpc) is 2.93. The van der Waals surface area contributed by atoms with Crippen LogP contribution in [0.25, 0.3) is 0 Å². The van der Waals surface area contributed by atoms with E-state index in [2.05, 4.69) is 44.2 Å². The van der Waals surface area contributed by atoms with Crippen LogP contribution >= 0.6 is 0 Å². The highest BCUT2D eigenvalue weighted by Crippen LogP contribution is 2.42. The van der Waals surface area contributed by atoms with Crippen molar-refractivity contribution in [3.63, 3.8) is 0 Å². The zero-order valence-electron chi connectivity index (χ0n) is 17.5. The van der Waals surface area contributed by atoms with Gasteiger partial charge in [0.25, 0.3) is 0 Å². The molecule has 1 fully saturated rings. The van der Waals surface area contributed by atoms with Crippen LogP contribution in [0.2, 0.25) is 0 Å². The molecule has 0 saturated carbocycles. The number of aryl methyl sites for hydroxylation is 1. The van der Waals surface area contributed by atoms with Gasteiger partial charge in [0.15, 0.2) is 0 Å². The van der Waals surface area contributed by atoms with Crippen LogP contribution in [0.3, 0.4) is 0 Å². The van der Waals surface area contributed by atoms with Crippen LogP contribution in [-0.2, 0) is 25.7 Å². The van der Waals surface area contributed by atoms with Crippen LogP contribution in [0.4, 0.5) is 0 Å². The highest BCUT2D eigenvalue weighted by molar-refractivity contribution is 5.70. The molecule has 0 aromatic heterocycles. The lowest BCUT2D eigenvalue weighted by molar-refractivity contribution is -0.346. The summed E-state index contributed by atoms with van der Waals surface area (Å²) in [7, 11) is 1.41. The van der Waals surface area contributed by atoms with Gasteiger partial charge in [-0.3, -0.25) is 4.79 Å². The van der Waals surface area contributed by atoms with Gasteiger partial charge in [-0.1, -0.05) is 62.9 Å². The van der Waals surface area contributed by atoms with Gasteiger partial charge in [-0.15, -0.1) is 0 Å². The normalized spacial score (nSPS) is 26.1. The molecular formula is C23H36O4. The predicted molar refractivity (Wildman–Crippen MR) is 107 cm³/mol. The summed E-state index contributed by atoms with van der Waals surface area (Å²) in [5, 5.41) is 0. The Bertz CT molecular complexity index is 573. The summed E-state index contributed by atoms with van der Waals surface area (Å²) in [6.45, 7) is 6.30. The van der Waals surface area contributed by atoms with Crippen molar-refractivity contribution >= 4 is 5.97 Å². The van der Waals surface area contributed by atoms with E-state index in [-0.39, 0.29) is 18.0 Å². The van der Waals surface area contributed by atoms with Crippen molar-refractivity contribution in [3.05, 3.63) is 35.9 Å². The van der Waals surface area contributed by atoms with Crippen molar-refractivity contribution in [2.24, 2.45) is 5.92 Å². The molecule has 0 N–H and O–H groups in total. The van der Waals surface area contributed by atoms with Crippen LogP contribution in [0, 0.1) is 5.92 Å². The van der Waals surface area contributed by atoms with Gasteiger partial charge in [0, 0.05) is 6.42 Å². The molecule has 0 bridgehead atoms. The number of hydrogen-bond donors (Lipinski definition) is 0. The maximum absolute atomic E-state index is 11.6. The molecule has 0 radical (unpaired) electrons. The molecule has 27 heavy (non-hydrogen) atoms. The minimum absolute atomic E-state index is 0.231. The lowest BCUT2D eigenvalue weighted by Crippen LogP contribution is -2.32. The number of esters is 1. The monoisotopic (exact) mass is 376 g/mol. The third-order valence-electron chi connectivity index (χ3n) is 5.47. The van der Waals surface area contributed by atoms with E-state index in [9.17, 15) is 4.79 Å². The molecule has 1 unspecified atom stereocenters. The molecule has 152 valence electrons. The third kappa shape index (κ3) is 7.63. The fourth-order valence-electron chi connectivity index (χ4n) is 4.29. The van der Waals surface area contributed by atoms with E-state index < -0.39 is 5.60 Å². The number of rotatable bonds is 11. The van der Waals surface area contributed by atoms with Gasteiger partial charge in [0.1, 0.15) is 11.2 Å². The molecule has 0 amide bonds. The minimum Gasteiger partial charge on any atom is -0.469 e. The smallest absolute Gasteiger partial charge is 0.308 e. The fourth-order valence-corrected chi connectivity index (χ4v) is 4.29. The maximum atomic E-state index is 11.6. The van der Waals surface area contributed by atoms with Crippen molar-refractivity contribution < 1.29 is 19.3 Å². The Morgan fingerprint density at radius 2 is 1.74 bits per heavy atom. The number of methoxy groups -OCH3 is 1. The number of hydrogen-bond acceptors (Lipinski definition) is 4. The lowest BCUT2D eigenvalue weighted by atomic mass is 9.81. The second kappa shape index (κ2) is 10.2. The Hall–Kier alpha value is -1.39. The van der Waals surface area contributed by atoms with Gasteiger partial charge in [-0.2, -0.15) is 0 Å². The van der Waals surface area contributed by atoms with Crippen LogP contribution < -0.4 is 0 Å². The zero-order chi connectivity index (χ0) is 19.8. The fraction of sp³-hybridized carbons (Fsp3) is 0.696. The molecule has 1 saturated heterocycles. The molecule has 2 rings (SSSR count). The maximum Gasteiger partial charge on any atom is 0.308 e. The number of benzene rings is 1. The molecule has 0 aliphatic carbocycles. The summed E-state index contributed by atoms with van der Waals surface area (Å²) in [5.74, 6) is 0.321. The van der Waals surface area contributed by atoms with Crippen LogP contribution in [0.5, 0.6) is 0 Å². The third-order valence-corrected chi connectivity index (χ3v) is 5.47. The molecule has 3 atom stereocenters.